The van der Waals surface area contributed by atoms with Gasteiger partial charge in [0, 0.05) is 31.0 Å². The molecule has 2 aromatic heterocycles. The van der Waals surface area contributed by atoms with Crippen LogP contribution < -0.4 is 0 Å². The van der Waals surface area contributed by atoms with Gasteiger partial charge in [0.2, 0.25) is 0 Å². The number of carbonyl (C=O) groups excluding carboxylic acids is 1. The van der Waals surface area contributed by atoms with E-state index in [9.17, 15) is 9.18 Å². The van der Waals surface area contributed by atoms with Gasteiger partial charge in [-0.25, -0.2) is 9.37 Å². The predicted octanol–water partition coefficient (Wildman–Crippen LogP) is 4.79. The third-order valence-electron chi connectivity index (χ3n) is 6.28. The number of imidazole rings is 1. The van der Waals surface area contributed by atoms with Crippen molar-refractivity contribution in [1.29, 1.82) is 0 Å². The Morgan fingerprint density at radius 1 is 0.967 bits per heavy atom. The average Bonchev–Trinajstić information content (AvgIpc) is 3.33. The number of aromatic nitrogens is 3. The molecule has 154 valence electrons. The average molecular weight is 404 g/mol. The highest BCUT2D eigenvalue weighted by Gasteiger charge is 2.34. The first-order valence-electron chi connectivity index (χ1n) is 10.8. The first kappa shape index (κ1) is 19.0. The summed E-state index contributed by atoms with van der Waals surface area (Å²) in [5, 5.41) is 0. The molecule has 1 atom stereocenters. The molecule has 1 unspecified atom stereocenters. The molecule has 1 amide bonds. The number of halogens is 1. The summed E-state index contributed by atoms with van der Waals surface area (Å²) >= 11 is 0. The summed E-state index contributed by atoms with van der Waals surface area (Å²) in [6.07, 6.45) is 9.62. The summed E-state index contributed by atoms with van der Waals surface area (Å²) in [7, 11) is 0. The number of amides is 1. The van der Waals surface area contributed by atoms with E-state index in [-0.39, 0.29) is 17.8 Å². The fourth-order valence-electron chi connectivity index (χ4n) is 4.79. The highest BCUT2D eigenvalue weighted by Crippen LogP contribution is 2.35. The summed E-state index contributed by atoms with van der Waals surface area (Å²) in [6, 6.07) is 10.5. The third kappa shape index (κ3) is 3.40. The topological polar surface area (TPSA) is 51.0 Å². The number of likely N-dealkylation sites (tertiary alicyclic amines) is 1. The van der Waals surface area contributed by atoms with Gasteiger partial charge in [0.05, 0.1) is 11.7 Å². The molecule has 2 aliphatic heterocycles. The Balaban J connectivity index is 1.55. The Kier molecular flexibility index (Phi) is 5.07. The van der Waals surface area contributed by atoms with Crippen molar-refractivity contribution < 1.29 is 9.18 Å². The molecule has 4 heterocycles. The van der Waals surface area contributed by atoms with Crippen LogP contribution in [0.25, 0.3) is 11.4 Å². The second-order valence-electron chi connectivity index (χ2n) is 8.14. The minimum Gasteiger partial charge on any atom is -0.330 e. The quantitative estimate of drug-likeness (QED) is 0.631. The third-order valence-corrected chi connectivity index (χ3v) is 6.28. The number of hydrogen-bond donors (Lipinski definition) is 0. The molecule has 5 nitrogen and oxygen atoms in total. The summed E-state index contributed by atoms with van der Waals surface area (Å²) in [5.41, 5.74) is 3.57. The Labute approximate surface area is 175 Å². The normalized spacial score (nSPS) is 18.8. The van der Waals surface area contributed by atoms with Crippen LogP contribution in [-0.2, 0) is 13.0 Å². The molecule has 3 aromatic rings. The van der Waals surface area contributed by atoms with Gasteiger partial charge in [-0.1, -0.05) is 6.42 Å². The number of fused-ring (bicyclic) bond motifs is 1. The molecule has 0 N–H and O–H groups in total. The lowest BCUT2D eigenvalue weighted by atomic mass is 10.1. The lowest BCUT2D eigenvalue weighted by Gasteiger charge is -2.24. The molecule has 0 aliphatic carbocycles. The largest absolute Gasteiger partial charge is 0.330 e. The maximum atomic E-state index is 13.7. The minimum atomic E-state index is -0.269. The van der Waals surface area contributed by atoms with Crippen LogP contribution in [0.4, 0.5) is 4.39 Å². The van der Waals surface area contributed by atoms with E-state index in [1.807, 2.05) is 17.0 Å². The lowest BCUT2D eigenvalue weighted by molar-refractivity contribution is 0.0729. The number of carbonyl (C=O) groups is 1. The van der Waals surface area contributed by atoms with Gasteiger partial charge in [-0.3, -0.25) is 9.78 Å². The molecule has 1 saturated heterocycles. The van der Waals surface area contributed by atoms with Crippen molar-refractivity contribution in [3.05, 3.63) is 71.6 Å². The van der Waals surface area contributed by atoms with Crippen LogP contribution in [0.1, 0.15) is 59.9 Å². The van der Waals surface area contributed by atoms with Crippen molar-refractivity contribution in [3.63, 3.8) is 0 Å². The monoisotopic (exact) mass is 404 g/mol. The lowest BCUT2D eigenvalue weighted by Crippen LogP contribution is -2.31. The second kappa shape index (κ2) is 8.01. The van der Waals surface area contributed by atoms with Crippen molar-refractivity contribution in [2.75, 3.05) is 6.54 Å². The Bertz CT molecular complexity index is 1050. The SMILES string of the molecule is O=C(c1nc(-c2ccc(F)cc2)n2c1CCCCC2)N1CCCC1c1ccncc1. The number of rotatable bonds is 3. The zero-order valence-electron chi connectivity index (χ0n) is 16.9. The highest BCUT2D eigenvalue weighted by molar-refractivity contribution is 5.95. The van der Waals surface area contributed by atoms with Crippen LogP contribution >= 0.6 is 0 Å². The van der Waals surface area contributed by atoms with E-state index < -0.39 is 0 Å². The number of benzene rings is 1. The first-order valence-corrected chi connectivity index (χ1v) is 10.8. The van der Waals surface area contributed by atoms with Gasteiger partial charge in [0.25, 0.3) is 5.91 Å². The molecule has 0 bridgehead atoms. The van der Waals surface area contributed by atoms with Crippen molar-refractivity contribution in [3.8, 4) is 11.4 Å². The van der Waals surface area contributed by atoms with Crippen LogP contribution in [-0.4, -0.2) is 31.9 Å². The summed E-state index contributed by atoms with van der Waals surface area (Å²) in [4.78, 5) is 24.6. The molecular weight excluding hydrogens is 379 g/mol. The van der Waals surface area contributed by atoms with Gasteiger partial charge in [0.15, 0.2) is 0 Å². The molecule has 6 heteroatoms. The number of hydrogen-bond acceptors (Lipinski definition) is 3. The number of pyridine rings is 1. The number of nitrogens with zero attached hydrogens (tertiary/aromatic N) is 4. The molecule has 0 spiro atoms. The zero-order valence-corrected chi connectivity index (χ0v) is 16.9. The standard InChI is InChI=1S/C24H25FN4O/c25-19-9-7-18(8-10-19)23-27-22(21-5-2-1-3-15-28(21)23)24(30)29-16-4-6-20(29)17-11-13-26-14-12-17/h7-14,20H,1-6,15-16H2. The zero-order chi connectivity index (χ0) is 20.5. The maximum absolute atomic E-state index is 13.7. The van der Waals surface area contributed by atoms with Gasteiger partial charge in [-0.05, 0) is 74.1 Å². The molecule has 1 aromatic carbocycles. The fraction of sp³-hybridized carbons (Fsp3) is 0.375. The minimum absolute atomic E-state index is 0.00771. The van der Waals surface area contributed by atoms with E-state index in [4.69, 9.17) is 4.98 Å². The van der Waals surface area contributed by atoms with Crippen LogP contribution in [0.2, 0.25) is 0 Å². The molecule has 1 fully saturated rings. The van der Waals surface area contributed by atoms with Crippen LogP contribution in [0.5, 0.6) is 0 Å². The summed E-state index contributed by atoms with van der Waals surface area (Å²) in [5.74, 6) is 0.512. The van der Waals surface area contributed by atoms with Crippen molar-refractivity contribution in [2.45, 2.75) is 51.1 Å². The van der Waals surface area contributed by atoms with E-state index >= 15 is 0 Å². The smallest absolute Gasteiger partial charge is 0.274 e. The predicted molar refractivity (Wildman–Crippen MR) is 112 cm³/mol. The van der Waals surface area contributed by atoms with E-state index in [0.29, 0.717) is 5.69 Å². The Morgan fingerprint density at radius 3 is 2.57 bits per heavy atom. The maximum Gasteiger partial charge on any atom is 0.274 e. The van der Waals surface area contributed by atoms with Gasteiger partial charge in [-0.2, -0.15) is 0 Å². The molecule has 2 aliphatic rings. The first-order chi connectivity index (χ1) is 14.7. The van der Waals surface area contributed by atoms with Crippen molar-refractivity contribution in [1.82, 2.24) is 19.4 Å². The van der Waals surface area contributed by atoms with Crippen LogP contribution in [0, 0.1) is 5.82 Å². The van der Waals surface area contributed by atoms with Crippen LogP contribution in [0.3, 0.4) is 0 Å². The van der Waals surface area contributed by atoms with Gasteiger partial charge >= 0.3 is 0 Å². The van der Waals surface area contributed by atoms with Crippen molar-refractivity contribution >= 4 is 5.91 Å². The van der Waals surface area contributed by atoms with Crippen LogP contribution in [0.15, 0.2) is 48.8 Å². The van der Waals surface area contributed by atoms with Gasteiger partial charge < -0.3 is 9.47 Å². The molecule has 5 rings (SSSR count). The molecule has 0 saturated carbocycles. The van der Waals surface area contributed by atoms with E-state index in [0.717, 1.165) is 74.3 Å². The molecule has 0 radical (unpaired) electrons. The van der Waals surface area contributed by atoms with Crippen molar-refractivity contribution in [2.24, 2.45) is 0 Å². The second-order valence-corrected chi connectivity index (χ2v) is 8.14. The highest BCUT2D eigenvalue weighted by atomic mass is 19.1. The Hall–Kier alpha value is -3.02. The molecule has 30 heavy (non-hydrogen) atoms. The summed E-state index contributed by atoms with van der Waals surface area (Å²) in [6.45, 7) is 1.58. The van der Waals surface area contributed by atoms with E-state index in [1.165, 1.54) is 12.1 Å². The Morgan fingerprint density at radius 2 is 1.77 bits per heavy atom. The fourth-order valence-corrected chi connectivity index (χ4v) is 4.79. The van der Waals surface area contributed by atoms with Gasteiger partial charge in [-0.15, -0.1) is 0 Å². The summed E-state index contributed by atoms with van der Waals surface area (Å²) < 4.78 is 15.6. The van der Waals surface area contributed by atoms with E-state index in [2.05, 4.69) is 9.55 Å². The van der Waals surface area contributed by atoms with E-state index in [1.54, 1.807) is 24.5 Å². The van der Waals surface area contributed by atoms with Gasteiger partial charge in [0.1, 0.15) is 17.3 Å². The molecular formula is C24H25FN4O.